The molecule has 4 rings (SSSR count). The van der Waals surface area contributed by atoms with Gasteiger partial charge in [-0.25, -0.2) is 4.68 Å². The molecule has 3 aromatic rings. The fourth-order valence-corrected chi connectivity index (χ4v) is 4.30. The molecule has 0 radical (unpaired) electrons. The Labute approximate surface area is 192 Å². The summed E-state index contributed by atoms with van der Waals surface area (Å²) in [6.45, 7) is 3.15. The predicted octanol–water partition coefficient (Wildman–Crippen LogP) is 4.94. The molecule has 1 saturated heterocycles. The molecule has 0 aliphatic carbocycles. The Morgan fingerprint density at radius 2 is 1.94 bits per heavy atom. The molecule has 1 aromatic heterocycles. The van der Waals surface area contributed by atoms with E-state index in [2.05, 4.69) is 22.2 Å². The largest absolute Gasteiger partial charge is 0.418 e. The topological polar surface area (TPSA) is 67.2 Å². The second kappa shape index (κ2) is 9.05. The number of hydrogen-bond donors (Lipinski definition) is 1. The van der Waals surface area contributed by atoms with Gasteiger partial charge in [0, 0.05) is 23.5 Å². The summed E-state index contributed by atoms with van der Waals surface area (Å²) < 4.78 is 41.1. The number of carbonyl (C=O) groups excluding carboxylic acids is 1. The van der Waals surface area contributed by atoms with Crippen molar-refractivity contribution in [2.75, 3.05) is 23.3 Å². The Balaban J connectivity index is 1.68. The minimum Gasteiger partial charge on any atom is -0.354 e. The van der Waals surface area contributed by atoms with E-state index in [4.69, 9.17) is 11.6 Å². The van der Waals surface area contributed by atoms with Crippen molar-refractivity contribution < 1.29 is 18.0 Å². The van der Waals surface area contributed by atoms with Gasteiger partial charge < -0.3 is 10.2 Å². The molecule has 1 aliphatic rings. The zero-order chi connectivity index (χ0) is 23.8. The van der Waals surface area contributed by atoms with Gasteiger partial charge in [-0.2, -0.15) is 18.3 Å². The van der Waals surface area contributed by atoms with E-state index in [1.807, 2.05) is 12.1 Å². The highest BCUT2D eigenvalue weighted by atomic mass is 35.5. The molecule has 1 fully saturated rings. The second-order valence-electron chi connectivity index (χ2n) is 8.26. The van der Waals surface area contributed by atoms with Crippen molar-refractivity contribution in [3.63, 3.8) is 0 Å². The number of fused-ring (bicyclic) bond motifs is 1. The number of benzene rings is 2. The van der Waals surface area contributed by atoms with Gasteiger partial charge in [0.1, 0.15) is 6.54 Å². The Bertz CT molecular complexity index is 1260. The third-order valence-electron chi connectivity index (χ3n) is 5.66. The SMILES string of the molecule is C[C@H]1CCCN(c2nn(CC(=O)Nc3ccc(Cl)cc3C(F)(F)F)c(=O)c3ccccc23)C1. The summed E-state index contributed by atoms with van der Waals surface area (Å²) in [5.41, 5.74) is -1.98. The molecule has 1 atom stereocenters. The minimum atomic E-state index is -4.70. The molecule has 1 amide bonds. The zero-order valence-corrected chi connectivity index (χ0v) is 18.6. The fourth-order valence-electron chi connectivity index (χ4n) is 4.13. The Morgan fingerprint density at radius 3 is 2.64 bits per heavy atom. The van der Waals surface area contributed by atoms with Crippen LogP contribution >= 0.6 is 11.6 Å². The van der Waals surface area contributed by atoms with Crippen LogP contribution in [0.2, 0.25) is 5.02 Å². The van der Waals surface area contributed by atoms with E-state index in [-0.39, 0.29) is 5.02 Å². The normalized spacial score (nSPS) is 16.8. The average molecular weight is 479 g/mol. The van der Waals surface area contributed by atoms with Crippen LogP contribution in [0.25, 0.3) is 10.8 Å². The molecule has 1 aliphatic heterocycles. The number of nitrogens with one attached hydrogen (secondary N) is 1. The van der Waals surface area contributed by atoms with E-state index in [0.29, 0.717) is 22.5 Å². The van der Waals surface area contributed by atoms with Gasteiger partial charge in [0.15, 0.2) is 5.82 Å². The molecule has 6 nitrogen and oxygen atoms in total. The molecular formula is C23H22ClF3N4O2. The summed E-state index contributed by atoms with van der Waals surface area (Å²) in [4.78, 5) is 27.7. The first kappa shape index (κ1) is 23.1. The van der Waals surface area contributed by atoms with E-state index in [1.165, 1.54) is 6.07 Å². The van der Waals surface area contributed by atoms with Crippen LogP contribution in [0.3, 0.4) is 0 Å². The van der Waals surface area contributed by atoms with Crippen LogP contribution in [0.5, 0.6) is 0 Å². The number of hydrogen-bond acceptors (Lipinski definition) is 4. The van der Waals surface area contributed by atoms with Crippen molar-refractivity contribution in [3.05, 3.63) is 63.4 Å². The maximum Gasteiger partial charge on any atom is 0.418 e. The molecule has 2 aromatic carbocycles. The summed E-state index contributed by atoms with van der Waals surface area (Å²) >= 11 is 5.69. The van der Waals surface area contributed by atoms with Crippen LogP contribution in [-0.4, -0.2) is 28.8 Å². The first-order valence-corrected chi connectivity index (χ1v) is 10.9. The fraction of sp³-hybridized carbons (Fsp3) is 0.348. The standard InChI is InChI=1S/C23H22ClF3N4O2/c1-14-5-4-10-30(12-14)21-16-6-2-3-7-17(16)22(33)31(29-21)13-20(32)28-19-9-8-15(24)11-18(19)23(25,26)27/h2-3,6-9,11,14H,4-5,10,12-13H2,1H3,(H,28,32)/t14-/m0/s1. The van der Waals surface area contributed by atoms with Gasteiger partial charge in [0.05, 0.1) is 16.6 Å². The van der Waals surface area contributed by atoms with Crippen LogP contribution < -0.4 is 15.8 Å². The van der Waals surface area contributed by atoms with Gasteiger partial charge in [0.2, 0.25) is 5.91 Å². The molecule has 0 spiro atoms. The van der Waals surface area contributed by atoms with Crippen molar-refractivity contribution in [1.82, 2.24) is 9.78 Å². The van der Waals surface area contributed by atoms with Crippen LogP contribution in [0.4, 0.5) is 24.7 Å². The minimum absolute atomic E-state index is 0.104. The number of amides is 1. The number of rotatable bonds is 4. The van der Waals surface area contributed by atoms with E-state index in [1.54, 1.807) is 12.1 Å². The third-order valence-corrected chi connectivity index (χ3v) is 5.89. The zero-order valence-electron chi connectivity index (χ0n) is 17.8. The molecule has 33 heavy (non-hydrogen) atoms. The lowest BCUT2D eigenvalue weighted by Gasteiger charge is -2.32. The second-order valence-corrected chi connectivity index (χ2v) is 8.70. The summed E-state index contributed by atoms with van der Waals surface area (Å²) in [6, 6.07) is 10.1. The first-order valence-electron chi connectivity index (χ1n) is 10.5. The lowest BCUT2D eigenvalue weighted by atomic mass is 10.00. The maximum absolute atomic E-state index is 13.4. The van der Waals surface area contributed by atoms with E-state index in [9.17, 15) is 22.8 Å². The molecular weight excluding hydrogens is 457 g/mol. The Kier molecular flexibility index (Phi) is 6.34. The Hall–Kier alpha value is -3.07. The monoisotopic (exact) mass is 478 g/mol. The lowest BCUT2D eigenvalue weighted by molar-refractivity contribution is -0.137. The molecule has 174 valence electrons. The smallest absolute Gasteiger partial charge is 0.354 e. The van der Waals surface area contributed by atoms with Gasteiger partial charge in [-0.1, -0.05) is 36.7 Å². The van der Waals surface area contributed by atoms with Crippen LogP contribution in [-0.2, 0) is 17.5 Å². The number of carbonyl (C=O) groups is 1. The number of piperidine rings is 1. The van der Waals surface area contributed by atoms with Gasteiger partial charge in [0.25, 0.3) is 5.56 Å². The molecule has 2 heterocycles. The number of nitrogens with zero attached hydrogens (tertiary/aromatic N) is 3. The Morgan fingerprint density at radius 1 is 1.21 bits per heavy atom. The highest BCUT2D eigenvalue weighted by Crippen LogP contribution is 2.36. The average Bonchev–Trinajstić information content (AvgIpc) is 2.76. The van der Waals surface area contributed by atoms with Crippen molar-refractivity contribution in [2.45, 2.75) is 32.5 Å². The molecule has 0 bridgehead atoms. The molecule has 10 heteroatoms. The highest BCUT2D eigenvalue weighted by molar-refractivity contribution is 6.30. The van der Waals surface area contributed by atoms with E-state index < -0.39 is 35.4 Å². The van der Waals surface area contributed by atoms with Crippen molar-refractivity contribution >= 4 is 39.8 Å². The molecule has 1 N–H and O–H groups in total. The number of aromatic nitrogens is 2. The van der Waals surface area contributed by atoms with Crippen molar-refractivity contribution in [2.24, 2.45) is 5.92 Å². The number of anilines is 2. The maximum atomic E-state index is 13.4. The summed E-state index contributed by atoms with van der Waals surface area (Å²) in [5, 5.41) is 7.68. The van der Waals surface area contributed by atoms with Crippen LogP contribution in [0.1, 0.15) is 25.3 Å². The lowest BCUT2D eigenvalue weighted by Crippen LogP contribution is -2.38. The van der Waals surface area contributed by atoms with Gasteiger partial charge in [-0.05, 0) is 43.0 Å². The summed E-state index contributed by atoms with van der Waals surface area (Å²) in [7, 11) is 0. The van der Waals surface area contributed by atoms with Gasteiger partial charge >= 0.3 is 6.18 Å². The van der Waals surface area contributed by atoms with Crippen molar-refractivity contribution in [3.8, 4) is 0 Å². The number of alkyl halides is 3. The number of halogens is 4. The molecule has 0 saturated carbocycles. The predicted molar refractivity (Wildman–Crippen MR) is 122 cm³/mol. The van der Waals surface area contributed by atoms with Crippen LogP contribution in [0, 0.1) is 5.92 Å². The van der Waals surface area contributed by atoms with Gasteiger partial charge in [-0.3, -0.25) is 9.59 Å². The van der Waals surface area contributed by atoms with Gasteiger partial charge in [-0.15, -0.1) is 0 Å². The van der Waals surface area contributed by atoms with E-state index in [0.717, 1.165) is 42.7 Å². The van der Waals surface area contributed by atoms with Crippen molar-refractivity contribution in [1.29, 1.82) is 0 Å². The summed E-state index contributed by atoms with van der Waals surface area (Å²) in [5.74, 6) is 0.242. The first-order chi connectivity index (χ1) is 15.6. The third kappa shape index (κ3) is 4.98. The summed E-state index contributed by atoms with van der Waals surface area (Å²) in [6.07, 6.45) is -2.63. The van der Waals surface area contributed by atoms with E-state index >= 15 is 0 Å². The quantitative estimate of drug-likeness (QED) is 0.576. The molecule has 0 unspecified atom stereocenters. The highest BCUT2D eigenvalue weighted by Gasteiger charge is 2.34. The van der Waals surface area contributed by atoms with Crippen LogP contribution in [0.15, 0.2) is 47.3 Å².